The maximum absolute atomic E-state index is 12.6. The summed E-state index contributed by atoms with van der Waals surface area (Å²) in [6.07, 6.45) is 2.96. The molecule has 2 aliphatic heterocycles. The first-order chi connectivity index (χ1) is 15.8. The first-order valence-electron chi connectivity index (χ1n) is 10.9. The Bertz CT molecular complexity index is 1220. The molecule has 1 fully saturated rings. The fourth-order valence-electron chi connectivity index (χ4n) is 4.51. The molecule has 5 rings (SSSR count). The third kappa shape index (κ3) is 4.28. The number of fused-ring (bicyclic) bond motifs is 2. The number of aromatic amines is 1. The Balaban J connectivity index is 1.41. The molecule has 0 bridgehead atoms. The second kappa shape index (κ2) is 8.35. The van der Waals surface area contributed by atoms with Crippen LogP contribution in [0.3, 0.4) is 0 Å². The summed E-state index contributed by atoms with van der Waals surface area (Å²) >= 11 is 1.46. The van der Waals surface area contributed by atoms with Crippen LogP contribution < -0.4 is 15.5 Å². The van der Waals surface area contributed by atoms with Crippen molar-refractivity contribution < 1.29 is 19.1 Å². The second-order valence-corrected chi connectivity index (χ2v) is 10.1. The average molecular weight is 470 g/mol. The standard InChI is InChI=1S/C23H27N5O4S/c1-23(2)10-18-19(20(29)27-23)33-21(26-18)28-6-7-32-12-15(28)8-13-11-24-17-5-4-14(9-16(13)17)25-22(30)31-3/h4-5,9,11,15,24H,6-8,10,12H2,1-3H3,(H,25,30)(H,27,29)/t15-/m0/s1. The average Bonchev–Trinajstić information content (AvgIpc) is 3.37. The number of amides is 2. The Hall–Kier alpha value is -3.11. The molecule has 0 spiro atoms. The molecule has 174 valence electrons. The smallest absolute Gasteiger partial charge is 0.411 e. The van der Waals surface area contributed by atoms with Crippen LogP contribution in [0, 0.1) is 0 Å². The minimum atomic E-state index is -0.502. The number of thiazole rings is 1. The summed E-state index contributed by atoms with van der Waals surface area (Å²) in [6, 6.07) is 5.80. The maximum Gasteiger partial charge on any atom is 0.411 e. The Labute approximate surface area is 195 Å². The van der Waals surface area contributed by atoms with Crippen LogP contribution in [0.25, 0.3) is 10.9 Å². The lowest BCUT2D eigenvalue weighted by Gasteiger charge is -2.35. The lowest BCUT2D eigenvalue weighted by molar-refractivity contribution is 0.0900. The molecule has 4 heterocycles. The van der Waals surface area contributed by atoms with Crippen molar-refractivity contribution in [1.29, 1.82) is 0 Å². The van der Waals surface area contributed by atoms with Gasteiger partial charge in [0.05, 0.1) is 32.1 Å². The number of nitrogens with one attached hydrogen (secondary N) is 3. The van der Waals surface area contributed by atoms with Gasteiger partial charge in [0.15, 0.2) is 5.13 Å². The highest BCUT2D eigenvalue weighted by molar-refractivity contribution is 7.17. The summed E-state index contributed by atoms with van der Waals surface area (Å²) in [5.74, 6) is -0.0444. The molecule has 3 aromatic rings. The van der Waals surface area contributed by atoms with E-state index in [4.69, 9.17) is 14.5 Å². The molecule has 0 saturated carbocycles. The lowest BCUT2D eigenvalue weighted by Crippen LogP contribution is -2.48. The summed E-state index contributed by atoms with van der Waals surface area (Å²) in [5, 5.41) is 7.69. The maximum atomic E-state index is 12.6. The molecule has 3 N–H and O–H groups in total. The van der Waals surface area contributed by atoms with E-state index in [-0.39, 0.29) is 17.5 Å². The fourth-order valence-corrected chi connectivity index (χ4v) is 5.59. The minimum absolute atomic E-state index is 0.0444. The predicted molar refractivity (Wildman–Crippen MR) is 127 cm³/mol. The van der Waals surface area contributed by atoms with Gasteiger partial charge in [0.1, 0.15) is 4.88 Å². The summed E-state index contributed by atoms with van der Waals surface area (Å²) in [4.78, 5) is 35.4. The fraction of sp³-hybridized carbons (Fsp3) is 0.435. The molecular formula is C23H27N5O4S. The van der Waals surface area contributed by atoms with E-state index in [1.165, 1.54) is 18.4 Å². The van der Waals surface area contributed by atoms with Gasteiger partial charge >= 0.3 is 6.09 Å². The number of aromatic nitrogens is 2. The number of carbonyl (C=O) groups is 2. The molecule has 2 amide bonds. The molecule has 0 radical (unpaired) electrons. The number of rotatable bonds is 4. The zero-order valence-corrected chi connectivity index (χ0v) is 19.7. The Morgan fingerprint density at radius 3 is 3.09 bits per heavy atom. The van der Waals surface area contributed by atoms with E-state index in [9.17, 15) is 9.59 Å². The summed E-state index contributed by atoms with van der Waals surface area (Å²) in [7, 11) is 1.34. The summed E-state index contributed by atoms with van der Waals surface area (Å²) in [6.45, 7) is 5.96. The topological polar surface area (TPSA) is 109 Å². The highest BCUT2D eigenvalue weighted by Crippen LogP contribution is 2.34. The van der Waals surface area contributed by atoms with Gasteiger partial charge in [0.2, 0.25) is 0 Å². The van der Waals surface area contributed by atoms with Gasteiger partial charge in [-0.05, 0) is 44.0 Å². The van der Waals surface area contributed by atoms with Crippen LogP contribution in [0.4, 0.5) is 15.6 Å². The first kappa shape index (κ1) is 21.7. The van der Waals surface area contributed by atoms with Crippen LogP contribution in [0.15, 0.2) is 24.4 Å². The van der Waals surface area contributed by atoms with Crippen molar-refractivity contribution in [2.24, 2.45) is 0 Å². The third-order valence-electron chi connectivity index (χ3n) is 6.08. The number of H-pyrrole nitrogens is 1. The molecule has 9 nitrogen and oxygen atoms in total. The molecule has 33 heavy (non-hydrogen) atoms. The zero-order valence-electron chi connectivity index (χ0n) is 18.9. The van der Waals surface area contributed by atoms with Crippen LogP contribution in [-0.4, -0.2) is 60.4 Å². The van der Waals surface area contributed by atoms with E-state index < -0.39 is 6.09 Å². The first-order valence-corrected chi connectivity index (χ1v) is 11.8. The predicted octanol–water partition coefficient (Wildman–Crippen LogP) is 3.32. The number of nitrogens with zero attached hydrogens (tertiary/aromatic N) is 2. The van der Waals surface area contributed by atoms with Gasteiger partial charge in [-0.15, -0.1) is 0 Å². The van der Waals surface area contributed by atoms with Gasteiger partial charge in [0, 0.05) is 41.3 Å². The van der Waals surface area contributed by atoms with E-state index in [0.717, 1.165) is 46.7 Å². The van der Waals surface area contributed by atoms with E-state index >= 15 is 0 Å². The highest BCUT2D eigenvalue weighted by Gasteiger charge is 2.35. The third-order valence-corrected chi connectivity index (χ3v) is 7.22. The van der Waals surface area contributed by atoms with Crippen molar-refractivity contribution in [1.82, 2.24) is 15.3 Å². The van der Waals surface area contributed by atoms with Crippen molar-refractivity contribution in [3.8, 4) is 0 Å². The van der Waals surface area contributed by atoms with Gasteiger partial charge in [-0.1, -0.05) is 11.3 Å². The van der Waals surface area contributed by atoms with Crippen LogP contribution in [0.5, 0.6) is 0 Å². The molecule has 2 aliphatic rings. The summed E-state index contributed by atoms with van der Waals surface area (Å²) < 4.78 is 10.5. The number of methoxy groups -OCH3 is 1. The molecule has 0 unspecified atom stereocenters. The van der Waals surface area contributed by atoms with Crippen LogP contribution in [-0.2, 0) is 22.3 Å². The van der Waals surface area contributed by atoms with Crippen LogP contribution in [0.2, 0.25) is 0 Å². The quantitative estimate of drug-likeness (QED) is 0.541. The van der Waals surface area contributed by atoms with Crippen LogP contribution in [0.1, 0.15) is 34.8 Å². The van der Waals surface area contributed by atoms with Gasteiger partial charge in [0.25, 0.3) is 5.91 Å². The van der Waals surface area contributed by atoms with Crippen molar-refractivity contribution in [2.45, 2.75) is 38.3 Å². The SMILES string of the molecule is COC(=O)Nc1ccc2[nH]cc(C[C@H]3COCCN3c3nc4c(s3)C(=O)NC(C)(C)C4)c2c1. The number of anilines is 2. The summed E-state index contributed by atoms with van der Waals surface area (Å²) in [5.41, 5.74) is 3.37. The molecular weight excluding hydrogens is 442 g/mol. The van der Waals surface area contributed by atoms with Gasteiger partial charge in [-0.2, -0.15) is 0 Å². The van der Waals surface area contributed by atoms with Gasteiger partial charge < -0.3 is 24.7 Å². The number of hydrogen-bond donors (Lipinski definition) is 3. The van der Waals surface area contributed by atoms with Crippen molar-refractivity contribution >= 4 is 45.1 Å². The van der Waals surface area contributed by atoms with Crippen LogP contribution >= 0.6 is 11.3 Å². The lowest BCUT2D eigenvalue weighted by atomic mass is 9.94. The zero-order chi connectivity index (χ0) is 23.2. The van der Waals surface area contributed by atoms with Crippen molar-refractivity contribution in [3.05, 3.63) is 40.5 Å². The number of ether oxygens (including phenoxy) is 2. The Kier molecular flexibility index (Phi) is 5.49. The molecule has 1 atom stereocenters. The normalized spacial score (nSPS) is 19.8. The Morgan fingerprint density at radius 1 is 1.42 bits per heavy atom. The molecule has 1 saturated heterocycles. The number of carbonyl (C=O) groups excluding carboxylic acids is 2. The number of benzene rings is 1. The number of morpholine rings is 1. The Morgan fingerprint density at radius 2 is 2.27 bits per heavy atom. The van der Waals surface area contributed by atoms with Crippen molar-refractivity contribution in [2.75, 3.05) is 37.1 Å². The molecule has 0 aliphatic carbocycles. The largest absolute Gasteiger partial charge is 0.453 e. The van der Waals surface area contributed by atoms with E-state index in [2.05, 4.69) is 20.5 Å². The molecule has 2 aromatic heterocycles. The van der Waals surface area contributed by atoms with E-state index in [1.807, 2.05) is 38.2 Å². The second-order valence-electron chi connectivity index (χ2n) is 9.10. The van der Waals surface area contributed by atoms with Gasteiger partial charge in [-0.3, -0.25) is 10.1 Å². The minimum Gasteiger partial charge on any atom is -0.453 e. The van der Waals surface area contributed by atoms with E-state index in [1.54, 1.807) is 0 Å². The highest BCUT2D eigenvalue weighted by atomic mass is 32.1. The van der Waals surface area contributed by atoms with Crippen molar-refractivity contribution in [3.63, 3.8) is 0 Å². The van der Waals surface area contributed by atoms with Gasteiger partial charge in [-0.25, -0.2) is 9.78 Å². The van der Waals surface area contributed by atoms with E-state index in [0.29, 0.717) is 23.8 Å². The molecule has 1 aromatic carbocycles. The molecule has 10 heteroatoms. The number of hydrogen-bond acceptors (Lipinski definition) is 7. The monoisotopic (exact) mass is 469 g/mol.